The minimum absolute atomic E-state index is 0.0836. The zero-order valence-corrected chi connectivity index (χ0v) is 15.3. The topological polar surface area (TPSA) is 52.6 Å². The molecule has 0 aliphatic carbocycles. The van der Waals surface area contributed by atoms with E-state index in [0.29, 0.717) is 0 Å². The predicted molar refractivity (Wildman–Crippen MR) is 98.0 cm³/mol. The summed E-state index contributed by atoms with van der Waals surface area (Å²) in [5.74, 6) is -0.476. The lowest BCUT2D eigenvalue weighted by Gasteiger charge is -2.21. The van der Waals surface area contributed by atoms with E-state index in [9.17, 15) is 9.59 Å². The van der Waals surface area contributed by atoms with Gasteiger partial charge in [-0.3, -0.25) is 9.59 Å². The van der Waals surface area contributed by atoms with Crippen LogP contribution in [0.25, 0.3) is 10.8 Å². The fourth-order valence-electron chi connectivity index (χ4n) is 2.97. The summed E-state index contributed by atoms with van der Waals surface area (Å²) in [6, 6.07) is 14.0. The van der Waals surface area contributed by atoms with Crippen LogP contribution in [0.4, 0.5) is 0 Å². The molecule has 0 bridgehead atoms. The van der Waals surface area contributed by atoms with Gasteiger partial charge in [-0.2, -0.15) is 0 Å². The first-order chi connectivity index (χ1) is 11.9. The number of ether oxygens (including phenoxy) is 2. The lowest BCUT2D eigenvalue weighted by molar-refractivity contribution is -0.151. The van der Waals surface area contributed by atoms with E-state index in [1.807, 2.05) is 63.2 Å². The van der Waals surface area contributed by atoms with Crippen LogP contribution in [0.15, 0.2) is 42.5 Å². The maximum Gasteiger partial charge on any atom is 0.306 e. The maximum atomic E-state index is 12.4. The van der Waals surface area contributed by atoms with Crippen molar-refractivity contribution >= 4 is 22.7 Å². The van der Waals surface area contributed by atoms with Gasteiger partial charge in [0.1, 0.15) is 6.10 Å². The van der Waals surface area contributed by atoms with Gasteiger partial charge in [0.2, 0.25) is 0 Å². The van der Waals surface area contributed by atoms with Crippen molar-refractivity contribution in [2.75, 3.05) is 7.11 Å². The third-order valence-electron chi connectivity index (χ3n) is 4.60. The average Bonchev–Trinajstić information content (AvgIpc) is 2.60. The Morgan fingerprint density at radius 3 is 2.24 bits per heavy atom. The van der Waals surface area contributed by atoms with E-state index in [0.717, 1.165) is 16.3 Å². The lowest BCUT2D eigenvalue weighted by Crippen LogP contribution is -2.21. The Kier molecular flexibility index (Phi) is 6.57. The molecule has 0 saturated carbocycles. The van der Waals surface area contributed by atoms with Gasteiger partial charge in [0.15, 0.2) is 0 Å². The first kappa shape index (κ1) is 19.0. The van der Waals surface area contributed by atoms with E-state index in [4.69, 9.17) is 9.47 Å². The van der Waals surface area contributed by atoms with Gasteiger partial charge in [-0.15, -0.1) is 0 Å². The summed E-state index contributed by atoms with van der Waals surface area (Å²) < 4.78 is 10.4. The molecule has 134 valence electrons. The van der Waals surface area contributed by atoms with Gasteiger partial charge in [-0.1, -0.05) is 56.3 Å². The minimum Gasteiger partial charge on any atom is -0.469 e. The Morgan fingerprint density at radius 2 is 1.56 bits per heavy atom. The molecule has 0 aliphatic rings. The second-order valence-corrected chi connectivity index (χ2v) is 6.69. The molecular weight excluding hydrogens is 316 g/mol. The van der Waals surface area contributed by atoms with Crippen molar-refractivity contribution in [3.8, 4) is 0 Å². The van der Waals surface area contributed by atoms with Crippen LogP contribution in [0, 0.1) is 11.8 Å². The molecule has 0 aromatic heterocycles. The van der Waals surface area contributed by atoms with Gasteiger partial charge in [-0.05, 0) is 35.1 Å². The zero-order valence-electron chi connectivity index (χ0n) is 15.3. The highest BCUT2D eigenvalue weighted by atomic mass is 16.5. The Balaban J connectivity index is 2.07. The molecule has 0 unspecified atom stereocenters. The minimum atomic E-state index is -0.343. The Hall–Kier alpha value is -2.36. The van der Waals surface area contributed by atoms with Crippen molar-refractivity contribution in [1.82, 2.24) is 0 Å². The molecule has 2 atom stereocenters. The summed E-state index contributed by atoms with van der Waals surface area (Å²) in [6.07, 6.45) is 0.0953. The number of benzene rings is 2. The molecule has 25 heavy (non-hydrogen) atoms. The van der Waals surface area contributed by atoms with Crippen molar-refractivity contribution < 1.29 is 19.1 Å². The normalized spacial score (nSPS) is 13.5. The molecule has 0 radical (unpaired) electrons. The summed E-state index contributed by atoms with van der Waals surface area (Å²) in [5.41, 5.74) is 0.987. The average molecular weight is 342 g/mol. The van der Waals surface area contributed by atoms with Crippen LogP contribution < -0.4 is 0 Å². The largest absolute Gasteiger partial charge is 0.469 e. The van der Waals surface area contributed by atoms with Gasteiger partial charge < -0.3 is 9.47 Å². The molecule has 4 nitrogen and oxygen atoms in total. The Bertz CT molecular complexity index is 730. The highest BCUT2D eigenvalue weighted by Gasteiger charge is 2.23. The number of hydrogen-bond acceptors (Lipinski definition) is 4. The first-order valence-electron chi connectivity index (χ1n) is 8.66. The molecule has 2 aromatic rings. The molecule has 4 heteroatoms. The molecule has 2 rings (SSSR count). The van der Waals surface area contributed by atoms with Crippen molar-refractivity contribution in [3.05, 3.63) is 48.0 Å². The van der Waals surface area contributed by atoms with E-state index in [-0.39, 0.29) is 42.7 Å². The van der Waals surface area contributed by atoms with Crippen LogP contribution in [0.2, 0.25) is 0 Å². The van der Waals surface area contributed by atoms with Crippen molar-refractivity contribution in [3.63, 3.8) is 0 Å². The second kappa shape index (κ2) is 8.65. The SMILES string of the molecule is COC(=O)C[C@@H](CC(=O)O[C@H](C)c1cccc2ccccc12)C(C)C. The first-order valence-corrected chi connectivity index (χ1v) is 8.66. The zero-order chi connectivity index (χ0) is 18.4. The maximum absolute atomic E-state index is 12.4. The fourth-order valence-corrected chi connectivity index (χ4v) is 2.97. The molecule has 0 amide bonds. The number of hydrogen-bond donors (Lipinski definition) is 0. The number of methoxy groups -OCH3 is 1. The third-order valence-corrected chi connectivity index (χ3v) is 4.60. The second-order valence-electron chi connectivity index (χ2n) is 6.69. The molecule has 0 aliphatic heterocycles. The van der Waals surface area contributed by atoms with E-state index < -0.39 is 0 Å². The van der Waals surface area contributed by atoms with E-state index in [1.54, 1.807) is 0 Å². The van der Waals surface area contributed by atoms with Crippen LogP contribution in [-0.2, 0) is 19.1 Å². The van der Waals surface area contributed by atoms with Gasteiger partial charge in [0.25, 0.3) is 0 Å². The van der Waals surface area contributed by atoms with Crippen molar-refractivity contribution in [2.45, 2.75) is 39.7 Å². The van der Waals surface area contributed by atoms with Crippen LogP contribution in [0.5, 0.6) is 0 Å². The highest BCUT2D eigenvalue weighted by Crippen LogP contribution is 2.28. The Morgan fingerprint density at radius 1 is 0.920 bits per heavy atom. The molecule has 0 saturated heterocycles. The summed E-state index contributed by atoms with van der Waals surface area (Å²) in [5, 5.41) is 2.20. The molecule has 0 N–H and O–H groups in total. The van der Waals surface area contributed by atoms with Gasteiger partial charge in [0.05, 0.1) is 7.11 Å². The van der Waals surface area contributed by atoms with Gasteiger partial charge in [-0.25, -0.2) is 0 Å². The third kappa shape index (κ3) is 5.05. The summed E-state index contributed by atoms with van der Waals surface area (Å²) >= 11 is 0. The van der Waals surface area contributed by atoms with Crippen LogP contribution in [-0.4, -0.2) is 19.0 Å². The van der Waals surface area contributed by atoms with Crippen molar-refractivity contribution in [1.29, 1.82) is 0 Å². The summed E-state index contributed by atoms with van der Waals surface area (Å²) in [4.78, 5) is 23.9. The van der Waals surface area contributed by atoms with E-state index in [2.05, 4.69) is 0 Å². The van der Waals surface area contributed by atoms with Crippen LogP contribution >= 0.6 is 0 Å². The predicted octanol–water partition coefficient (Wildman–Crippen LogP) is 4.67. The van der Waals surface area contributed by atoms with Gasteiger partial charge in [0, 0.05) is 12.8 Å². The van der Waals surface area contributed by atoms with Crippen LogP contribution in [0.3, 0.4) is 0 Å². The number of rotatable bonds is 7. The van der Waals surface area contributed by atoms with Crippen LogP contribution in [0.1, 0.15) is 45.3 Å². The molecule has 0 heterocycles. The van der Waals surface area contributed by atoms with E-state index >= 15 is 0 Å². The molecule has 0 fully saturated rings. The molecule has 0 spiro atoms. The lowest BCUT2D eigenvalue weighted by atomic mass is 9.89. The number of esters is 2. The van der Waals surface area contributed by atoms with Gasteiger partial charge >= 0.3 is 11.9 Å². The summed E-state index contributed by atoms with van der Waals surface area (Å²) in [7, 11) is 1.36. The summed E-state index contributed by atoms with van der Waals surface area (Å²) in [6.45, 7) is 5.87. The molecule has 2 aromatic carbocycles. The van der Waals surface area contributed by atoms with E-state index in [1.165, 1.54) is 7.11 Å². The monoisotopic (exact) mass is 342 g/mol. The Labute approximate surface area is 149 Å². The van der Waals surface area contributed by atoms with Crippen molar-refractivity contribution in [2.24, 2.45) is 11.8 Å². The smallest absolute Gasteiger partial charge is 0.306 e. The highest BCUT2D eigenvalue weighted by molar-refractivity contribution is 5.86. The number of fused-ring (bicyclic) bond motifs is 1. The quantitative estimate of drug-likeness (QED) is 0.686. The fraction of sp³-hybridized carbons (Fsp3) is 0.429. The number of carbonyl (C=O) groups excluding carboxylic acids is 2. The number of carbonyl (C=O) groups is 2. The standard InChI is InChI=1S/C21H26O4/c1-14(2)17(12-20(22)24-4)13-21(23)25-15(3)18-11-7-9-16-8-5-6-10-19(16)18/h5-11,14-15,17H,12-13H2,1-4H3/t15-,17+/m1/s1. The molecular formula is C21H26O4.